The molecule has 0 spiro atoms. The third-order valence-electron chi connectivity index (χ3n) is 3.57. The Bertz CT molecular complexity index is 677. The van der Waals surface area contributed by atoms with E-state index in [1.165, 1.54) is 17.5 Å². The smallest absolute Gasteiger partial charge is 0.282 e. The number of hydrogen-bond donors (Lipinski definition) is 1. The van der Waals surface area contributed by atoms with E-state index in [0.29, 0.717) is 24.5 Å². The first-order valence-electron chi connectivity index (χ1n) is 6.75. The SMILES string of the molecule is C=CNC(=O)C1CCN(C(=O)c2nc3ccccc3s2)C1. The molecule has 3 rings (SSSR count). The van der Waals surface area contributed by atoms with Gasteiger partial charge >= 0.3 is 0 Å². The fourth-order valence-electron chi connectivity index (χ4n) is 2.48. The van der Waals surface area contributed by atoms with Gasteiger partial charge in [-0.1, -0.05) is 18.7 Å². The Labute approximate surface area is 126 Å². The number of para-hydroxylation sites is 1. The average Bonchev–Trinajstić information content (AvgIpc) is 3.13. The molecule has 1 unspecified atom stereocenters. The minimum Gasteiger partial charge on any atom is -0.336 e. The molecule has 0 saturated carbocycles. The van der Waals surface area contributed by atoms with E-state index < -0.39 is 0 Å². The molecule has 6 heteroatoms. The molecule has 1 aliphatic heterocycles. The number of aromatic nitrogens is 1. The van der Waals surface area contributed by atoms with Gasteiger partial charge in [0.2, 0.25) is 5.91 Å². The van der Waals surface area contributed by atoms with Crippen LogP contribution in [-0.4, -0.2) is 34.8 Å². The Morgan fingerprint density at radius 3 is 3.00 bits per heavy atom. The van der Waals surface area contributed by atoms with Crippen LogP contribution in [0.25, 0.3) is 10.2 Å². The topological polar surface area (TPSA) is 62.3 Å². The van der Waals surface area contributed by atoms with Crippen molar-refractivity contribution in [3.8, 4) is 0 Å². The molecule has 5 nitrogen and oxygen atoms in total. The summed E-state index contributed by atoms with van der Waals surface area (Å²) < 4.78 is 1.00. The van der Waals surface area contributed by atoms with Crippen molar-refractivity contribution >= 4 is 33.4 Å². The highest BCUT2D eigenvalue weighted by Gasteiger charge is 2.32. The zero-order valence-electron chi connectivity index (χ0n) is 11.4. The van der Waals surface area contributed by atoms with E-state index in [-0.39, 0.29) is 17.7 Å². The first-order valence-corrected chi connectivity index (χ1v) is 7.57. The standard InChI is InChI=1S/C15H15N3O2S/c1-2-16-13(19)10-7-8-18(9-10)15(20)14-17-11-5-3-4-6-12(11)21-14/h2-6,10H,1,7-9H2,(H,16,19). The molecule has 1 N–H and O–H groups in total. The van der Waals surface area contributed by atoms with Crippen molar-refractivity contribution < 1.29 is 9.59 Å². The van der Waals surface area contributed by atoms with E-state index in [4.69, 9.17) is 0 Å². The number of nitrogens with one attached hydrogen (secondary N) is 1. The number of carbonyl (C=O) groups is 2. The minimum absolute atomic E-state index is 0.0791. The number of fused-ring (bicyclic) bond motifs is 1. The molecule has 108 valence electrons. The van der Waals surface area contributed by atoms with Gasteiger partial charge in [-0.3, -0.25) is 9.59 Å². The quantitative estimate of drug-likeness (QED) is 0.943. The van der Waals surface area contributed by atoms with Gasteiger partial charge in [-0.05, 0) is 24.8 Å². The molecule has 0 aliphatic carbocycles. The van der Waals surface area contributed by atoms with Crippen molar-refractivity contribution in [3.05, 3.63) is 42.1 Å². The van der Waals surface area contributed by atoms with Crippen LogP contribution in [0.15, 0.2) is 37.0 Å². The molecule has 1 saturated heterocycles. The van der Waals surface area contributed by atoms with Crippen LogP contribution in [0.2, 0.25) is 0 Å². The molecule has 1 aliphatic rings. The molecule has 21 heavy (non-hydrogen) atoms. The van der Waals surface area contributed by atoms with Crippen molar-refractivity contribution in [2.45, 2.75) is 6.42 Å². The summed E-state index contributed by atoms with van der Waals surface area (Å²) in [5, 5.41) is 3.07. The zero-order chi connectivity index (χ0) is 14.8. The summed E-state index contributed by atoms with van der Waals surface area (Å²) in [6.07, 6.45) is 2.05. The predicted octanol–water partition coefficient (Wildman–Crippen LogP) is 2.02. The second kappa shape index (κ2) is 5.65. The maximum absolute atomic E-state index is 12.5. The van der Waals surface area contributed by atoms with Crippen molar-refractivity contribution in [1.82, 2.24) is 15.2 Å². The van der Waals surface area contributed by atoms with E-state index in [2.05, 4.69) is 16.9 Å². The Morgan fingerprint density at radius 2 is 2.24 bits per heavy atom. The summed E-state index contributed by atoms with van der Waals surface area (Å²) in [6.45, 7) is 4.50. The van der Waals surface area contributed by atoms with E-state index in [1.807, 2.05) is 24.3 Å². The second-order valence-electron chi connectivity index (χ2n) is 4.94. The van der Waals surface area contributed by atoms with Crippen LogP contribution in [0.4, 0.5) is 0 Å². The van der Waals surface area contributed by atoms with Crippen LogP contribution in [0.5, 0.6) is 0 Å². The third kappa shape index (κ3) is 2.67. The van der Waals surface area contributed by atoms with Gasteiger partial charge in [-0.15, -0.1) is 11.3 Å². The van der Waals surface area contributed by atoms with Crippen molar-refractivity contribution in [2.75, 3.05) is 13.1 Å². The summed E-state index contributed by atoms with van der Waals surface area (Å²) in [6, 6.07) is 7.68. The first kappa shape index (κ1) is 13.8. The highest BCUT2D eigenvalue weighted by Crippen LogP contribution is 2.25. The maximum atomic E-state index is 12.5. The van der Waals surface area contributed by atoms with E-state index >= 15 is 0 Å². The fourth-order valence-corrected chi connectivity index (χ4v) is 3.41. The van der Waals surface area contributed by atoms with Crippen LogP contribution in [0.3, 0.4) is 0 Å². The molecule has 2 amide bonds. The van der Waals surface area contributed by atoms with Crippen LogP contribution in [-0.2, 0) is 4.79 Å². The average molecular weight is 301 g/mol. The molecule has 2 heterocycles. The van der Waals surface area contributed by atoms with Gasteiger partial charge in [0.15, 0.2) is 5.01 Å². The first-order chi connectivity index (χ1) is 10.2. The van der Waals surface area contributed by atoms with Gasteiger partial charge in [0.25, 0.3) is 5.91 Å². The van der Waals surface area contributed by atoms with Gasteiger partial charge in [0.1, 0.15) is 0 Å². The normalized spacial score (nSPS) is 17.9. The van der Waals surface area contributed by atoms with Crippen LogP contribution < -0.4 is 5.32 Å². The minimum atomic E-state index is -0.165. The lowest BCUT2D eigenvalue weighted by Gasteiger charge is -2.14. The molecule has 2 aromatic rings. The number of thiazole rings is 1. The number of rotatable bonds is 3. The van der Waals surface area contributed by atoms with Gasteiger partial charge < -0.3 is 10.2 Å². The summed E-state index contributed by atoms with van der Waals surface area (Å²) >= 11 is 1.39. The Hall–Kier alpha value is -2.21. The molecule has 1 aromatic carbocycles. The van der Waals surface area contributed by atoms with Gasteiger partial charge in [-0.2, -0.15) is 0 Å². The number of carbonyl (C=O) groups excluding carboxylic acids is 2. The lowest BCUT2D eigenvalue weighted by molar-refractivity contribution is -0.123. The van der Waals surface area contributed by atoms with Gasteiger partial charge in [0, 0.05) is 13.1 Å². The van der Waals surface area contributed by atoms with E-state index in [9.17, 15) is 9.59 Å². The van der Waals surface area contributed by atoms with E-state index in [0.717, 1.165) is 10.2 Å². The van der Waals surface area contributed by atoms with Gasteiger partial charge in [-0.25, -0.2) is 4.98 Å². The lowest BCUT2D eigenvalue weighted by Crippen LogP contribution is -2.32. The van der Waals surface area contributed by atoms with Crippen LogP contribution in [0.1, 0.15) is 16.2 Å². The molecule has 1 atom stereocenters. The number of hydrogen-bond acceptors (Lipinski definition) is 4. The molecule has 1 aromatic heterocycles. The predicted molar refractivity (Wildman–Crippen MR) is 82.0 cm³/mol. The van der Waals surface area contributed by atoms with Crippen LogP contribution in [0, 0.1) is 5.92 Å². The monoisotopic (exact) mass is 301 g/mol. The molecular formula is C15H15N3O2S. The maximum Gasteiger partial charge on any atom is 0.282 e. The van der Waals surface area contributed by atoms with Gasteiger partial charge in [0.05, 0.1) is 16.1 Å². The largest absolute Gasteiger partial charge is 0.336 e. The van der Waals surface area contributed by atoms with Crippen molar-refractivity contribution in [3.63, 3.8) is 0 Å². The molecule has 0 radical (unpaired) electrons. The Morgan fingerprint density at radius 1 is 1.43 bits per heavy atom. The summed E-state index contributed by atoms with van der Waals surface area (Å²) in [5.74, 6) is -0.337. The Balaban J connectivity index is 1.74. The number of nitrogens with zero attached hydrogens (tertiary/aromatic N) is 2. The van der Waals surface area contributed by atoms with Crippen molar-refractivity contribution in [2.24, 2.45) is 5.92 Å². The highest BCUT2D eigenvalue weighted by molar-refractivity contribution is 7.20. The van der Waals surface area contributed by atoms with E-state index in [1.54, 1.807) is 4.90 Å². The molecular weight excluding hydrogens is 286 g/mol. The second-order valence-corrected chi connectivity index (χ2v) is 5.97. The number of benzene rings is 1. The summed E-state index contributed by atoms with van der Waals surface area (Å²) in [7, 11) is 0. The van der Waals surface area contributed by atoms with Crippen LogP contribution >= 0.6 is 11.3 Å². The zero-order valence-corrected chi connectivity index (χ0v) is 12.2. The molecule has 0 bridgehead atoms. The molecule has 1 fully saturated rings. The highest BCUT2D eigenvalue weighted by atomic mass is 32.1. The van der Waals surface area contributed by atoms with Crippen molar-refractivity contribution in [1.29, 1.82) is 0 Å². The summed E-state index contributed by atoms with van der Waals surface area (Å²) in [5.41, 5.74) is 0.839. The Kier molecular flexibility index (Phi) is 3.70. The lowest BCUT2D eigenvalue weighted by atomic mass is 10.1. The summed E-state index contributed by atoms with van der Waals surface area (Å²) in [4.78, 5) is 30.3. The number of amides is 2. The number of likely N-dealkylation sites (tertiary alicyclic amines) is 1. The third-order valence-corrected chi connectivity index (χ3v) is 4.59. The fraction of sp³-hybridized carbons (Fsp3) is 0.267.